The second-order valence-electron chi connectivity index (χ2n) is 4.90. The van der Waals surface area contributed by atoms with Crippen molar-refractivity contribution < 1.29 is 4.79 Å². The molecule has 3 heteroatoms. The van der Waals surface area contributed by atoms with Gasteiger partial charge in [-0.05, 0) is 17.4 Å². The standard InChI is InChI=1S/C18H16N2O/c21-18(20-11-10-14-6-2-1-3-7-14)17-13-19-12-15-8-4-5-9-16(15)17/h1-9,12-13H,10-11H2,(H,20,21). The van der Waals surface area contributed by atoms with Gasteiger partial charge in [-0.2, -0.15) is 0 Å². The Morgan fingerprint density at radius 2 is 1.71 bits per heavy atom. The predicted octanol–water partition coefficient (Wildman–Crippen LogP) is 3.21. The van der Waals surface area contributed by atoms with Crippen LogP contribution in [0.5, 0.6) is 0 Å². The Balaban J connectivity index is 1.70. The Hall–Kier alpha value is -2.68. The maximum Gasteiger partial charge on any atom is 0.253 e. The Morgan fingerprint density at radius 1 is 0.952 bits per heavy atom. The molecule has 0 fully saturated rings. The molecule has 0 saturated heterocycles. The highest BCUT2D eigenvalue weighted by atomic mass is 16.1. The first-order chi connectivity index (χ1) is 10.3. The Kier molecular flexibility index (Phi) is 3.92. The highest BCUT2D eigenvalue weighted by molar-refractivity contribution is 6.06. The molecule has 0 bridgehead atoms. The molecule has 0 saturated carbocycles. The van der Waals surface area contributed by atoms with E-state index in [0.29, 0.717) is 12.1 Å². The van der Waals surface area contributed by atoms with Crippen LogP contribution < -0.4 is 5.32 Å². The first-order valence-electron chi connectivity index (χ1n) is 6.99. The lowest BCUT2D eigenvalue weighted by atomic mass is 10.1. The van der Waals surface area contributed by atoms with Gasteiger partial charge in [0.25, 0.3) is 5.91 Å². The van der Waals surface area contributed by atoms with Crippen LogP contribution in [-0.2, 0) is 6.42 Å². The Labute approximate surface area is 123 Å². The molecule has 3 aromatic rings. The molecule has 0 aliphatic heterocycles. The summed E-state index contributed by atoms with van der Waals surface area (Å²) in [7, 11) is 0. The van der Waals surface area contributed by atoms with Gasteiger partial charge in [0.2, 0.25) is 0 Å². The molecule has 1 N–H and O–H groups in total. The van der Waals surface area contributed by atoms with Gasteiger partial charge < -0.3 is 5.32 Å². The van der Waals surface area contributed by atoms with E-state index in [1.54, 1.807) is 12.4 Å². The van der Waals surface area contributed by atoms with Crippen molar-refractivity contribution in [1.82, 2.24) is 10.3 Å². The summed E-state index contributed by atoms with van der Waals surface area (Å²) in [6.07, 6.45) is 4.22. The number of carbonyl (C=O) groups is 1. The van der Waals surface area contributed by atoms with Crippen LogP contribution in [0.15, 0.2) is 67.0 Å². The third-order valence-corrected chi connectivity index (χ3v) is 3.45. The monoisotopic (exact) mass is 276 g/mol. The van der Waals surface area contributed by atoms with Crippen LogP contribution in [0.4, 0.5) is 0 Å². The molecular formula is C18H16N2O. The summed E-state index contributed by atoms with van der Waals surface area (Å²) >= 11 is 0. The van der Waals surface area contributed by atoms with Crippen LogP contribution in [0.25, 0.3) is 10.8 Å². The van der Waals surface area contributed by atoms with Gasteiger partial charge in [0, 0.05) is 24.3 Å². The van der Waals surface area contributed by atoms with E-state index in [2.05, 4.69) is 22.4 Å². The summed E-state index contributed by atoms with van der Waals surface area (Å²) < 4.78 is 0. The van der Waals surface area contributed by atoms with Crippen LogP contribution in [-0.4, -0.2) is 17.4 Å². The molecule has 0 spiro atoms. The number of amides is 1. The van der Waals surface area contributed by atoms with E-state index < -0.39 is 0 Å². The number of hydrogen-bond donors (Lipinski definition) is 1. The van der Waals surface area contributed by atoms with Crippen molar-refractivity contribution in [3.8, 4) is 0 Å². The SMILES string of the molecule is O=C(NCCc1ccccc1)c1cncc2ccccc12. The van der Waals surface area contributed by atoms with Crippen molar-refractivity contribution in [3.05, 3.63) is 78.1 Å². The molecule has 0 radical (unpaired) electrons. The van der Waals surface area contributed by atoms with Gasteiger partial charge in [-0.3, -0.25) is 9.78 Å². The second kappa shape index (κ2) is 6.18. The largest absolute Gasteiger partial charge is 0.352 e. The zero-order valence-corrected chi connectivity index (χ0v) is 11.6. The zero-order chi connectivity index (χ0) is 14.5. The summed E-state index contributed by atoms with van der Waals surface area (Å²) in [6.45, 7) is 0.617. The van der Waals surface area contributed by atoms with E-state index in [1.165, 1.54) is 5.56 Å². The van der Waals surface area contributed by atoms with Crippen LogP contribution in [0.1, 0.15) is 15.9 Å². The second-order valence-corrected chi connectivity index (χ2v) is 4.90. The van der Waals surface area contributed by atoms with Crippen LogP contribution in [0.2, 0.25) is 0 Å². The van der Waals surface area contributed by atoms with Crippen LogP contribution in [0, 0.1) is 0 Å². The summed E-state index contributed by atoms with van der Waals surface area (Å²) in [5.74, 6) is -0.0739. The van der Waals surface area contributed by atoms with Crippen molar-refractivity contribution in [2.24, 2.45) is 0 Å². The van der Waals surface area contributed by atoms with Gasteiger partial charge in [0.15, 0.2) is 0 Å². The number of benzene rings is 2. The number of carbonyl (C=O) groups excluding carboxylic acids is 1. The average Bonchev–Trinajstić information content (AvgIpc) is 2.55. The lowest BCUT2D eigenvalue weighted by Gasteiger charge is -2.07. The third-order valence-electron chi connectivity index (χ3n) is 3.45. The van der Waals surface area contributed by atoms with Gasteiger partial charge in [0.1, 0.15) is 0 Å². The lowest BCUT2D eigenvalue weighted by Crippen LogP contribution is -2.26. The molecule has 0 unspecified atom stereocenters. The fourth-order valence-electron chi connectivity index (χ4n) is 2.36. The van der Waals surface area contributed by atoms with E-state index in [4.69, 9.17) is 0 Å². The number of aromatic nitrogens is 1. The topological polar surface area (TPSA) is 42.0 Å². The Bertz CT molecular complexity index is 748. The molecule has 2 aromatic carbocycles. The van der Waals surface area contributed by atoms with Gasteiger partial charge in [-0.25, -0.2) is 0 Å². The zero-order valence-electron chi connectivity index (χ0n) is 11.6. The fraction of sp³-hybridized carbons (Fsp3) is 0.111. The van der Waals surface area contributed by atoms with E-state index in [9.17, 15) is 4.79 Å². The summed E-state index contributed by atoms with van der Waals surface area (Å²) in [6, 6.07) is 17.9. The maximum atomic E-state index is 12.3. The first kappa shape index (κ1) is 13.3. The number of pyridine rings is 1. The number of hydrogen-bond acceptors (Lipinski definition) is 2. The molecule has 3 nitrogen and oxygen atoms in total. The minimum absolute atomic E-state index is 0.0739. The lowest BCUT2D eigenvalue weighted by molar-refractivity contribution is 0.0955. The number of nitrogens with zero attached hydrogens (tertiary/aromatic N) is 1. The van der Waals surface area contributed by atoms with E-state index in [-0.39, 0.29) is 5.91 Å². The normalized spacial score (nSPS) is 10.5. The van der Waals surface area contributed by atoms with Gasteiger partial charge in [-0.15, -0.1) is 0 Å². The van der Waals surface area contributed by atoms with Gasteiger partial charge >= 0.3 is 0 Å². The number of rotatable bonds is 4. The fourth-order valence-corrected chi connectivity index (χ4v) is 2.36. The number of fused-ring (bicyclic) bond motifs is 1. The molecule has 21 heavy (non-hydrogen) atoms. The minimum Gasteiger partial charge on any atom is -0.352 e. The highest BCUT2D eigenvalue weighted by Gasteiger charge is 2.09. The third kappa shape index (κ3) is 3.08. The van der Waals surface area contributed by atoms with E-state index in [1.807, 2.05) is 42.5 Å². The summed E-state index contributed by atoms with van der Waals surface area (Å²) in [4.78, 5) is 16.4. The quantitative estimate of drug-likeness (QED) is 0.795. The molecular weight excluding hydrogens is 260 g/mol. The maximum absolute atomic E-state index is 12.3. The molecule has 3 rings (SSSR count). The highest BCUT2D eigenvalue weighted by Crippen LogP contribution is 2.16. The van der Waals surface area contributed by atoms with Crippen molar-refractivity contribution in [1.29, 1.82) is 0 Å². The van der Waals surface area contributed by atoms with Gasteiger partial charge in [-0.1, -0.05) is 54.6 Å². The average molecular weight is 276 g/mol. The molecule has 0 aliphatic carbocycles. The molecule has 104 valence electrons. The number of nitrogens with one attached hydrogen (secondary N) is 1. The minimum atomic E-state index is -0.0739. The first-order valence-corrected chi connectivity index (χ1v) is 6.99. The van der Waals surface area contributed by atoms with Crippen molar-refractivity contribution in [2.75, 3.05) is 6.54 Å². The molecule has 1 amide bonds. The molecule has 1 aromatic heterocycles. The molecule has 0 atom stereocenters. The van der Waals surface area contributed by atoms with E-state index in [0.717, 1.165) is 17.2 Å². The smallest absolute Gasteiger partial charge is 0.253 e. The van der Waals surface area contributed by atoms with E-state index >= 15 is 0 Å². The van der Waals surface area contributed by atoms with Crippen molar-refractivity contribution in [2.45, 2.75) is 6.42 Å². The van der Waals surface area contributed by atoms with Crippen molar-refractivity contribution >= 4 is 16.7 Å². The summed E-state index contributed by atoms with van der Waals surface area (Å²) in [5.41, 5.74) is 1.84. The van der Waals surface area contributed by atoms with Crippen molar-refractivity contribution in [3.63, 3.8) is 0 Å². The van der Waals surface area contributed by atoms with Crippen LogP contribution in [0.3, 0.4) is 0 Å². The predicted molar refractivity (Wildman–Crippen MR) is 84.2 cm³/mol. The van der Waals surface area contributed by atoms with Gasteiger partial charge in [0.05, 0.1) is 5.56 Å². The molecule has 1 heterocycles. The molecule has 0 aliphatic rings. The Morgan fingerprint density at radius 3 is 2.57 bits per heavy atom. The summed E-state index contributed by atoms with van der Waals surface area (Å²) in [5, 5.41) is 4.88. The van der Waals surface area contributed by atoms with Crippen LogP contribution >= 0.6 is 0 Å².